The van der Waals surface area contributed by atoms with Crippen molar-refractivity contribution >= 4 is 50.5 Å². The molecule has 0 radical (unpaired) electrons. The van der Waals surface area contributed by atoms with Crippen LogP contribution in [0.5, 0.6) is 5.75 Å². The summed E-state index contributed by atoms with van der Waals surface area (Å²) >= 11 is 6.58. The Labute approximate surface area is 345 Å². The number of aromatic nitrogens is 3. The number of benzene rings is 5. The summed E-state index contributed by atoms with van der Waals surface area (Å²) in [6.07, 6.45) is 3.15. The second-order valence-electron chi connectivity index (χ2n) is 14.3. The second-order valence-corrected chi connectivity index (χ2v) is 14.7. The maximum absolute atomic E-state index is 14.3. The van der Waals surface area contributed by atoms with E-state index in [9.17, 15) is 13.6 Å². The van der Waals surface area contributed by atoms with Gasteiger partial charge in [-0.05, 0) is 106 Å². The molecule has 2 aromatic heterocycles. The van der Waals surface area contributed by atoms with Gasteiger partial charge in [0.05, 0.1) is 48.7 Å². The SMILES string of the molecule is CC/C(=C(/c1ccc(OCCOCCOCCNCc2ccc(-c3[nH]c4cc(F)cc5c4c3CCNC5=O)cc2)cc1)c1ccc2[nH]ncc2c1)c1ccc(F)cc1Cl. The van der Waals surface area contributed by atoms with Gasteiger partial charge in [-0.3, -0.25) is 9.89 Å². The summed E-state index contributed by atoms with van der Waals surface area (Å²) in [5, 5.41) is 15.6. The number of aromatic amines is 2. The molecular weight excluding hydrogens is 772 g/mol. The molecule has 59 heavy (non-hydrogen) atoms. The number of ether oxygens (including phenoxy) is 3. The number of nitrogens with one attached hydrogen (secondary N) is 4. The van der Waals surface area contributed by atoms with E-state index in [4.69, 9.17) is 25.8 Å². The van der Waals surface area contributed by atoms with Crippen molar-refractivity contribution in [3.05, 3.63) is 153 Å². The number of rotatable bonds is 17. The predicted octanol–water partition coefficient (Wildman–Crippen LogP) is 9.50. The number of fused-ring (bicyclic) bond motifs is 1. The van der Waals surface area contributed by atoms with Crippen LogP contribution in [0, 0.1) is 11.6 Å². The van der Waals surface area contributed by atoms with E-state index in [0.29, 0.717) is 81.6 Å². The second kappa shape index (κ2) is 18.4. The standard InChI is InChI=1S/C47H44ClF2N5O4/c1-2-37(38-13-10-34(49)25-41(38)48)44(32-9-14-42-33(23-32)28-53-55-42)30-7-11-36(12-8-30)59-22-21-58-20-19-57-18-17-51-27-29-3-5-31(6-4-29)46-39-15-16-52-47(56)40-24-35(50)26-43(54-46)45(39)40/h3-14,23-26,28,51,54H,2,15-22,27H2,1H3,(H,52,56)(H,53,55)/b44-37+. The highest BCUT2D eigenvalue weighted by molar-refractivity contribution is 6.32. The number of allylic oxidation sites excluding steroid dienone is 1. The van der Waals surface area contributed by atoms with Crippen LogP contribution in [0.4, 0.5) is 8.78 Å². The van der Waals surface area contributed by atoms with Crippen molar-refractivity contribution in [3.8, 4) is 17.0 Å². The fourth-order valence-corrected chi connectivity index (χ4v) is 7.99. The molecule has 0 unspecified atom stereocenters. The van der Waals surface area contributed by atoms with Gasteiger partial charge in [0.1, 0.15) is 24.0 Å². The van der Waals surface area contributed by atoms with Crippen molar-refractivity contribution in [2.75, 3.05) is 46.1 Å². The molecule has 7 aromatic rings. The van der Waals surface area contributed by atoms with Gasteiger partial charge in [-0.25, -0.2) is 8.78 Å². The third-order valence-electron chi connectivity index (χ3n) is 10.5. The average Bonchev–Trinajstić information content (AvgIpc) is 3.82. The van der Waals surface area contributed by atoms with Gasteiger partial charge in [0.2, 0.25) is 0 Å². The van der Waals surface area contributed by atoms with Crippen molar-refractivity contribution in [2.45, 2.75) is 26.3 Å². The lowest BCUT2D eigenvalue weighted by Gasteiger charge is -2.18. The highest BCUT2D eigenvalue weighted by Crippen LogP contribution is 2.39. The molecule has 0 aliphatic carbocycles. The zero-order valence-corrected chi connectivity index (χ0v) is 33.4. The maximum Gasteiger partial charge on any atom is 0.252 e. The van der Waals surface area contributed by atoms with E-state index < -0.39 is 5.82 Å². The fraction of sp³-hybridized carbons (Fsp3) is 0.234. The van der Waals surface area contributed by atoms with E-state index in [1.165, 1.54) is 24.3 Å². The molecule has 0 atom stereocenters. The first kappa shape index (κ1) is 40.0. The minimum atomic E-state index is -0.436. The molecule has 0 spiro atoms. The van der Waals surface area contributed by atoms with Crippen LogP contribution in [0.15, 0.2) is 103 Å². The molecule has 1 aliphatic heterocycles. The highest BCUT2D eigenvalue weighted by atomic mass is 35.5. The molecule has 9 nitrogen and oxygen atoms in total. The van der Waals surface area contributed by atoms with Crippen molar-refractivity contribution in [1.82, 2.24) is 25.8 Å². The lowest BCUT2D eigenvalue weighted by molar-refractivity contribution is 0.0372. The van der Waals surface area contributed by atoms with Crippen LogP contribution < -0.4 is 15.4 Å². The first-order valence-electron chi connectivity index (χ1n) is 19.8. The highest BCUT2D eigenvalue weighted by Gasteiger charge is 2.23. The summed E-state index contributed by atoms with van der Waals surface area (Å²) in [5.41, 5.74) is 10.8. The smallest absolute Gasteiger partial charge is 0.252 e. The summed E-state index contributed by atoms with van der Waals surface area (Å²) in [6, 6.07) is 29.6. The van der Waals surface area contributed by atoms with Crippen molar-refractivity contribution in [3.63, 3.8) is 0 Å². The van der Waals surface area contributed by atoms with E-state index in [0.717, 1.165) is 72.3 Å². The van der Waals surface area contributed by atoms with Crippen LogP contribution >= 0.6 is 11.6 Å². The van der Waals surface area contributed by atoms with Gasteiger partial charge in [-0.1, -0.05) is 67.1 Å². The Hall–Kier alpha value is -5.85. The molecule has 4 N–H and O–H groups in total. The minimum Gasteiger partial charge on any atom is -0.491 e. The molecule has 1 aliphatic rings. The Kier molecular flexibility index (Phi) is 12.4. The van der Waals surface area contributed by atoms with Gasteiger partial charge in [-0.15, -0.1) is 0 Å². The Morgan fingerprint density at radius 3 is 2.41 bits per heavy atom. The van der Waals surface area contributed by atoms with E-state index in [2.05, 4.69) is 69.1 Å². The number of amides is 1. The number of nitrogens with zero attached hydrogens (tertiary/aromatic N) is 1. The normalized spacial score (nSPS) is 13.1. The third-order valence-corrected chi connectivity index (χ3v) is 10.8. The summed E-state index contributed by atoms with van der Waals surface area (Å²) in [6.45, 7) is 6.24. The van der Waals surface area contributed by atoms with Gasteiger partial charge < -0.3 is 29.8 Å². The zero-order valence-electron chi connectivity index (χ0n) is 32.6. The molecule has 12 heteroatoms. The van der Waals surface area contributed by atoms with Crippen LogP contribution in [0.1, 0.15) is 51.5 Å². The number of carbonyl (C=O) groups excluding carboxylic acids is 1. The van der Waals surface area contributed by atoms with Gasteiger partial charge in [0.15, 0.2) is 0 Å². The van der Waals surface area contributed by atoms with Crippen LogP contribution in [0.3, 0.4) is 0 Å². The van der Waals surface area contributed by atoms with Crippen LogP contribution in [0.2, 0.25) is 5.02 Å². The van der Waals surface area contributed by atoms with E-state index >= 15 is 0 Å². The number of hydrogen-bond acceptors (Lipinski definition) is 6. The molecule has 0 saturated carbocycles. The molecule has 1 amide bonds. The number of halogens is 3. The van der Waals surface area contributed by atoms with Crippen LogP contribution in [0.25, 0.3) is 44.2 Å². The van der Waals surface area contributed by atoms with E-state index in [-0.39, 0.29) is 11.7 Å². The molecule has 0 saturated heterocycles. The molecule has 8 rings (SSSR count). The quantitative estimate of drug-likeness (QED) is 0.0539. The summed E-state index contributed by atoms with van der Waals surface area (Å²) in [5.74, 6) is -0.334. The van der Waals surface area contributed by atoms with Crippen molar-refractivity contribution in [1.29, 1.82) is 0 Å². The Balaban J connectivity index is 0.769. The third kappa shape index (κ3) is 9.09. The summed E-state index contributed by atoms with van der Waals surface area (Å²) in [4.78, 5) is 15.9. The largest absolute Gasteiger partial charge is 0.491 e. The van der Waals surface area contributed by atoms with Gasteiger partial charge in [-0.2, -0.15) is 5.10 Å². The zero-order chi connectivity index (χ0) is 40.7. The first-order chi connectivity index (χ1) is 28.9. The monoisotopic (exact) mass is 815 g/mol. The molecule has 0 fully saturated rings. The molecule has 302 valence electrons. The minimum absolute atomic E-state index is 0.246. The molecule has 5 aromatic carbocycles. The summed E-state index contributed by atoms with van der Waals surface area (Å²) < 4.78 is 45.7. The van der Waals surface area contributed by atoms with E-state index in [1.807, 2.05) is 30.3 Å². The molecule has 0 bridgehead atoms. The van der Waals surface area contributed by atoms with Crippen molar-refractivity contribution < 1.29 is 27.8 Å². The number of hydrogen-bond donors (Lipinski definition) is 4. The van der Waals surface area contributed by atoms with Crippen molar-refractivity contribution in [2.24, 2.45) is 0 Å². The Bertz CT molecular complexity index is 2620. The summed E-state index contributed by atoms with van der Waals surface area (Å²) in [7, 11) is 0. The predicted molar refractivity (Wildman–Crippen MR) is 229 cm³/mol. The Morgan fingerprint density at radius 2 is 1.61 bits per heavy atom. The van der Waals surface area contributed by atoms with Gasteiger partial charge >= 0.3 is 0 Å². The topological polar surface area (TPSA) is 113 Å². The molecular formula is C47H44ClF2N5O4. The van der Waals surface area contributed by atoms with E-state index in [1.54, 1.807) is 12.3 Å². The fourth-order valence-electron chi connectivity index (χ4n) is 7.71. The van der Waals surface area contributed by atoms with Gasteiger partial charge in [0, 0.05) is 41.6 Å². The first-order valence-corrected chi connectivity index (χ1v) is 20.2. The number of carbonyl (C=O) groups is 1. The lowest BCUT2D eigenvalue weighted by atomic mass is 9.87. The maximum atomic E-state index is 14.3. The van der Waals surface area contributed by atoms with Crippen LogP contribution in [-0.2, 0) is 22.4 Å². The average molecular weight is 816 g/mol. The number of H-pyrrole nitrogens is 2. The molecule has 3 heterocycles. The van der Waals surface area contributed by atoms with Gasteiger partial charge in [0.25, 0.3) is 5.91 Å². The van der Waals surface area contributed by atoms with Crippen LogP contribution in [-0.4, -0.2) is 67.2 Å². The Morgan fingerprint density at radius 1 is 0.831 bits per heavy atom. The lowest BCUT2D eigenvalue weighted by Crippen LogP contribution is -2.23.